The van der Waals surface area contributed by atoms with Crippen LogP contribution in [0.25, 0.3) is 0 Å². The molecule has 0 saturated carbocycles. The summed E-state index contributed by atoms with van der Waals surface area (Å²) >= 11 is 3.36. The van der Waals surface area contributed by atoms with Gasteiger partial charge in [-0.15, -0.1) is 0 Å². The largest absolute Gasteiger partial charge is 0.492 e. The summed E-state index contributed by atoms with van der Waals surface area (Å²) < 4.78 is 12.0. The van der Waals surface area contributed by atoms with E-state index < -0.39 is 11.8 Å². The first kappa shape index (κ1) is 22.4. The molecule has 160 valence electrons. The van der Waals surface area contributed by atoms with Gasteiger partial charge in [0, 0.05) is 10.9 Å². The van der Waals surface area contributed by atoms with Crippen LogP contribution >= 0.6 is 15.9 Å². The quantitative estimate of drug-likeness (QED) is 0.471. The molecule has 3 aromatic rings. The van der Waals surface area contributed by atoms with Crippen LogP contribution in [0.4, 0.5) is 0 Å². The molecule has 0 aliphatic rings. The minimum Gasteiger partial charge on any atom is -0.492 e. The van der Waals surface area contributed by atoms with Crippen molar-refractivity contribution in [1.82, 2.24) is 10.9 Å². The third-order valence-corrected chi connectivity index (χ3v) is 4.94. The molecule has 0 atom stereocenters. The topological polar surface area (TPSA) is 76.7 Å². The Morgan fingerprint density at radius 3 is 2.39 bits per heavy atom. The van der Waals surface area contributed by atoms with Crippen molar-refractivity contribution in [3.63, 3.8) is 0 Å². The Morgan fingerprint density at radius 2 is 1.61 bits per heavy atom. The van der Waals surface area contributed by atoms with Crippen LogP contribution in [0.1, 0.15) is 21.5 Å². The molecular weight excluding hydrogens is 460 g/mol. The van der Waals surface area contributed by atoms with Gasteiger partial charge in [-0.2, -0.15) is 0 Å². The first-order chi connectivity index (χ1) is 15.0. The summed E-state index contributed by atoms with van der Waals surface area (Å²) in [6.45, 7) is 2.09. The van der Waals surface area contributed by atoms with Crippen molar-refractivity contribution in [2.24, 2.45) is 0 Å². The van der Waals surface area contributed by atoms with Gasteiger partial charge < -0.3 is 9.47 Å². The average molecular weight is 483 g/mol. The molecule has 2 amide bonds. The van der Waals surface area contributed by atoms with E-state index in [0.717, 1.165) is 15.6 Å². The zero-order valence-electron chi connectivity index (χ0n) is 17.1. The SMILES string of the molecule is Cc1ccccc1OCC(=O)NNC(=O)c1cc(Br)ccc1OCCc1ccccc1. The number of carbonyl (C=O) groups is 2. The first-order valence-electron chi connectivity index (χ1n) is 9.77. The lowest BCUT2D eigenvalue weighted by Crippen LogP contribution is -2.44. The minimum absolute atomic E-state index is 0.218. The van der Waals surface area contributed by atoms with Crippen LogP contribution in [0.3, 0.4) is 0 Å². The number of aryl methyl sites for hydroxylation is 1. The zero-order valence-corrected chi connectivity index (χ0v) is 18.6. The molecule has 0 unspecified atom stereocenters. The van der Waals surface area contributed by atoms with Crippen LogP contribution in [-0.2, 0) is 11.2 Å². The maximum Gasteiger partial charge on any atom is 0.276 e. The van der Waals surface area contributed by atoms with Gasteiger partial charge in [-0.3, -0.25) is 20.4 Å². The third kappa shape index (κ3) is 6.86. The van der Waals surface area contributed by atoms with Gasteiger partial charge in [0.05, 0.1) is 12.2 Å². The van der Waals surface area contributed by atoms with Gasteiger partial charge in [-0.25, -0.2) is 0 Å². The molecule has 0 heterocycles. The highest BCUT2D eigenvalue weighted by Crippen LogP contribution is 2.23. The van der Waals surface area contributed by atoms with Gasteiger partial charge in [0.25, 0.3) is 11.8 Å². The molecule has 3 aromatic carbocycles. The lowest BCUT2D eigenvalue weighted by atomic mass is 10.1. The molecule has 0 bridgehead atoms. The summed E-state index contributed by atoms with van der Waals surface area (Å²) in [5, 5.41) is 0. The van der Waals surface area contributed by atoms with Crippen LogP contribution in [-0.4, -0.2) is 25.0 Å². The fraction of sp³-hybridized carbons (Fsp3) is 0.167. The number of hydrogen-bond acceptors (Lipinski definition) is 4. The zero-order chi connectivity index (χ0) is 22.1. The predicted molar refractivity (Wildman–Crippen MR) is 122 cm³/mol. The number of para-hydroxylation sites is 1. The number of carbonyl (C=O) groups excluding carboxylic acids is 2. The molecule has 0 saturated heterocycles. The fourth-order valence-electron chi connectivity index (χ4n) is 2.82. The molecule has 0 aromatic heterocycles. The Labute approximate surface area is 189 Å². The van der Waals surface area contributed by atoms with E-state index in [1.807, 2.05) is 55.5 Å². The smallest absolute Gasteiger partial charge is 0.276 e. The van der Waals surface area contributed by atoms with Crippen molar-refractivity contribution in [3.8, 4) is 11.5 Å². The van der Waals surface area contributed by atoms with Gasteiger partial charge in [0.15, 0.2) is 6.61 Å². The number of hydrogen-bond donors (Lipinski definition) is 2. The van der Waals surface area contributed by atoms with E-state index in [1.165, 1.54) is 0 Å². The van der Waals surface area contributed by atoms with Crippen molar-refractivity contribution in [2.45, 2.75) is 13.3 Å². The standard InChI is InChI=1S/C24H23BrN2O4/c1-17-7-5-6-10-21(17)31-16-23(28)26-27-24(29)20-15-19(25)11-12-22(20)30-14-13-18-8-3-2-4-9-18/h2-12,15H,13-14,16H2,1H3,(H,26,28)(H,27,29). The Bertz CT molecular complexity index is 1040. The highest BCUT2D eigenvalue weighted by molar-refractivity contribution is 9.10. The molecule has 31 heavy (non-hydrogen) atoms. The van der Waals surface area contributed by atoms with Gasteiger partial charge in [0.1, 0.15) is 11.5 Å². The maximum absolute atomic E-state index is 12.6. The third-order valence-electron chi connectivity index (χ3n) is 4.45. The second-order valence-electron chi connectivity index (χ2n) is 6.78. The normalized spacial score (nSPS) is 10.3. The summed E-state index contributed by atoms with van der Waals surface area (Å²) in [6.07, 6.45) is 0.713. The molecule has 3 rings (SSSR count). The average Bonchev–Trinajstić information content (AvgIpc) is 2.78. The number of ether oxygens (including phenoxy) is 2. The molecule has 0 radical (unpaired) electrons. The van der Waals surface area contributed by atoms with Crippen LogP contribution in [0.15, 0.2) is 77.3 Å². The number of benzene rings is 3. The van der Waals surface area contributed by atoms with Crippen LogP contribution in [0, 0.1) is 6.92 Å². The number of rotatable bonds is 8. The van der Waals surface area contributed by atoms with E-state index in [4.69, 9.17) is 9.47 Å². The Morgan fingerprint density at radius 1 is 0.871 bits per heavy atom. The van der Waals surface area contributed by atoms with E-state index in [1.54, 1.807) is 24.3 Å². The highest BCUT2D eigenvalue weighted by Gasteiger charge is 2.15. The molecular formula is C24H23BrN2O4. The van der Waals surface area contributed by atoms with E-state index in [9.17, 15) is 9.59 Å². The maximum atomic E-state index is 12.6. The molecule has 6 nitrogen and oxygen atoms in total. The van der Waals surface area contributed by atoms with Crippen molar-refractivity contribution in [3.05, 3.63) is 94.0 Å². The van der Waals surface area contributed by atoms with Gasteiger partial charge >= 0.3 is 0 Å². The van der Waals surface area contributed by atoms with Gasteiger partial charge in [0.2, 0.25) is 0 Å². The van der Waals surface area contributed by atoms with E-state index in [-0.39, 0.29) is 6.61 Å². The van der Waals surface area contributed by atoms with E-state index in [2.05, 4.69) is 26.8 Å². The molecule has 0 fully saturated rings. The summed E-state index contributed by atoms with van der Waals surface area (Å²) in [5.41, 5.74) is 7.15. The number of amides is 2. The van der Waals surface area contributed by atoms with E-state index in [0.29, 0.717) is 30.1 Å². The molecule has 0 aliphatic heterocycles. The molecule has 0 aliphatic carbocycles. The Kier molecular flexibility index (Phi) is 8.06. The van der Waals surface area contributed by atoms with Crippen molar-refractivity contribution >= 4 is 27.7 Å². The van der Waals surface area contributed by atoms with Crippen molar-refractivity contribution in [2.75, 3.05) is 13.2 Å². The predicted octanol–water partition coefficient (Wildman–Crippen LogP) is 4.22. The summed E-state index contributed by atoms with van der Waals surface area (Å²) in [7, 11) is 0. The second kappa shape index (κ2) is 11.2. The van der Waals surface area contributed by atoms with Gasteiger partial charge in [-0.1, -0.05) is 64.5 Å². The lowest BCUT2D eigenvalue weighted by molar-refractivity contribution is -0.123. The summed E-state index contributed by atoms with van der Waals surface area (Å²) in [6, 6.07) is 22.5. The number of nitrogens with one attached hydrogen (secondary N) is 2. The first-order valence-corrected chi connectivity index (χ1v) is 10.6. The molecule has 2 N–H and O–H groups in total. The Balaban J connectivity index is 1.53. The van der Waals surface area contributed by atoms with Crippen LogP contribution in [0.5, 0.6) is 11.5 Å². The lowest BCUT2D eigenvalue weighted by Gasteiger charge is -2.13. The highest BCUT2D eigenvalue weighted by atomic mass is 79.9. The molecule has 0 spiro atoms. The second-order valence-corrected chi connectivity index (χ2v) is 7.70. The summed E-state index contributed by atoms with van der Waals surface area (Å²) in [5.74, 6) is 0.0884. The fourth-order valence-corrected chi connectivity index (χ4v) is 3.18. The van der Waals surface area contributed by atoms with Crippen molar-refractivity contribution < 1.29 is 19.1 Å². The van der Waals surface area contributed by atoms with Crippen LogP contribution in [0.2, 0.25) is 0 Å². The van der Waals surface area contributed by atoms with Crippen LogP contribution < -0.4 is 20.3 Å². The number of hydrazine groups is 1. The molecule has 7 heteroatoms. The monoisotopic (exact) mass is 482 g/mol. The Hall–Kier alpha value is -3.32. The van der Waals surface area contributed by atoms with Gasteiger partial charge in [-0.05, 0) is 42.3 Å². The van der Waals surface area contributed by atoms with E-state index >= 15 is 0 Å². The number of halogens is 1. The summed E-state index contributed by atoms with van der Waals surface area (Å²) in [4.78, 5) is 24.7. The minimum atomic E-state index is -0.486. The van der Waals surface area contributed by atoms with Crippen molar-refractivity contribution in [1.29, 1.82) is 0 Å².